The third-order valence-electron chi connectivity index (χ3n) is 3.90. The number of ether oxygens (including phenoxy) is 2. The molecule has 0 aliphatic rings. The number of benzene rings is 2. The van der Waals surface area contributed by atoms with Crippen LogP contribution in [0.2, 0.25) is 0 Å². The van der Waals surface area contributed by atoms with Crippen LogP contribution in [0.3, 0.4) is 0 Å². The lowest BCUT2D eigenvalue weighted by Crippen LogP contribution is -1.99. The molecule has 0 aliphatic heterocycles. The molecule has 4 nitrogen and oxygen atoms in total. The highest BCUT2D eigenvalue weighted by atomic mass is 32.1. The van der Waals surface area contributed by atoms with Crippen molar-refractivity contribution in [2.45, 2.75) is 19.8 Å². The maximum Gasteiger partial charge on any atom is 0.161 e. The minimum atomic E-state index is 0.535. The van der Waals surface area contributed by atoms with Gasteiger partial charge in [0.05, 0.1) is 29.5 Å². The van der Waals surface area contributed by atoms with Gasteiger partial charge in [0.2, 0.25) is 0 Å². The molecule has 0 fully saturated rings. The molecule has 0 bridgehead atoms. The molecule has 0 N–H and O–H groups in total. The predicted molar refractivity (Wildman–Crippen MR) is 107 cm³/mol. The molecule has 0 saturated carbocycles. The molecule has 1 aromatic heterocycles. The van der Waals surface area contributed by atoms with Crippen molar-refractivity contribution >= 4 is 33.2 Å². The van der Waals surface area contributed by atoms with Crippen LogP contribution >= 0.6 is 11.3 Å². The third-order valence-corrected chi connectivity index (χ3v) is 4.97. The Morgan fingerprint density at radius 3 is 2.81 bits per heavy atom. The minimum absolute atomic E-state index is 0.535. The number of unbranched alkanes of at least 4 members (excludes halogenated alkanes) is 1. The second kappa shape index (κ2) is 8.50. The topological polar surface area (TPSA) is 55.1 Å². The fourth-order valence-corrected chi connectivity index (χ4v) is 3.45. The maximum absolute atomic E-state index is 9.58. The molecule has 5 heteroatoms. The van der Waals surface area contributed by atoms with Gasteiger partial charge in [-0.1, -0.05) is 31.5 Å². The van der Waals surface area contributed by atoms with Crippen LogP contribution in [0.4, 0.5) is 0 Å². The molecule has 26 heavy (non-hydrogen) atoms. The number of aromatic nitrogens is 1. The van der Waals surface area contributed by atoms with Crippen LogP contribution in [0, 0.1) is 11.3 Å². The van der Waals surface area contributed by atoms with Crippen LogP contribution in [0.1, 0.15) is 30.3 Å². The van der Waals surface area contributed by atoms with E-state index in [1.807, 2.05) is 48.5 Å². The molecule has 0 radical (unpaired) electrons. The summed E-state index contributed by atoms with van der Waals surface area (Å²) in [5.41, 5.74) is 2.32. The first-order valence-corrected chi connectivity index (χ1v) is 9.35. The quantitative estimate of drug-likeness (QED) is 0.407. The van der Waals surface area contributed by atoms with E-state index in [4.69, 9.17) is 9.47 Å². The van der Waals surface area contributed by atoms with E-state index in [0.29, 0.717) is 17.9 Å². The number of nitriles is 1. The largest absolute Gasteiger partial charge is 0.493 e. The number of para-hydroxylation sites is 1. The Labute approximate surface area is 157 Å². The summed E-state index contributed by atoms with van der Waals surface area (Å²) in [5, 5.41) is 10.3. The molecular weight excluding hydrogens is 344 g/mol. The first-order valence-electron chi connectivity index (χ1n) is 8.53. The van der Waals surface area contributed by atoms with Gasteiger partial charge in [-0.15, -0.1) is 11.3 Å². The molecule has 3 rings (SSSR count). The second-order valence-corrected chi connectivity index (χ2v) is 6.80. The monoisotopic (exact) mass is 364 g/mol. The number of rotatable bonds is 7. The van der Waals surface area contributed by atoms with Gasteiger partial charge in [-0.2, -0.15) is 5.26 Å². The highest BCUT2D eigenvalue weighted by molar-refractivity contribution is 7.19. The van der Waals surface area contributed by atoms with Crippen LogP contribution in [0.5, 0.6) is 11.5 Å². The average molecular weight is 364 g/mol. The Morgan fingerprint density at radius 1 is 1.23 bits per heavy atom. The van der Waals surface area contributed by atoms with E-state index in [2.05, 4.69) is 18.0 Å². The smallest absolute Gasteiger partial charge is 0.161 e. The lowest BCUT2D eigenvalue weighted by Gasteiger charge is -2.11. The summed E-state index contributed by atoms with van der Waals surface area (Å²) in [4.78, 5) is 4.56. The third kappa shape index (κ3) is 4.04. The van der Waals surface area contributed by atoms with E-state index in [0.717, 1.165) is 39.4 Å². The van der Waals surface area contributed by atoms with Gasteiger partial charge in [0.1, 0.15) is 11.1 Å². The van der Waals surface area contributed by atoms with E-state index in [-0.39, 0.29) is 0 Å². The molecular formula is C21H20N2O2S. The van der Waals surface area contributed by atoms with Crippen molar-refractivity contribution in [3.63, 3.8) is 0 Å². The highest BCUT2D eigenvalue weighted by Crippen LogP contribution is 2.31. The van der Waals surface area contributed by atoms with Crippen molar-refractivity contribution in [1.29, 1.82) is 5.26 Å². The number of methoxy groups -OCH3 is 1. The summed E-state index contributed by atoms with van der Waals surface area (Å²) in [6, 6.07) is 15.8. The van der Waals surface area contributed by atoms with Gasteiger partial charge in [-0.05, 0) is 42.3 Å². The van der Waals surface area contributed by atoms with Gasteiger partial charge in [0, 0.05) is 0 Å². The Morgan fingerprint density at radius 2 is 2.08 bits per heavy atom. The number of thiazole rings is 1. The predicted octanol–water partition coefficient (Wildman–Crippen LogP) is 5.55. The number of nitrogens with zero attached hydrogens (tertiary/aromatic N) is 2. The Balaban J connectivity index is 1.90. The van der Waals surface area contributed by atoms with Crippen molar-refractivity contribution in [2.24, 2.45) is 0 Å². The van der Waals surface area contributed by atoms with Crippen LogP contribution in [0.25, 0.3) is 21.9 Å². The van der Waals surface area contributed by atoms with E-state index in [1.54, 1.807) is 7.11 Å². The van der Waals surface area contributed by atoms with E-state index >= 15 is 0 Å². The molecule has 0 spiro atoms. The zero-order valence-electron chi connectivity index (χ0n) is 14.9. The van der Waals surface area contributed by atoms with Crippen molar-refractivity contribution in [1.82, 2.24) is 4.98 Å². The van der Waals surface area contributed by atoms with Gasteiger partial charge < -0.3 is 9.47 Å². The first-order chi connectivity index (χ1) is 12.7. The van der Waals surface area contributed by atoms with E-state index < -0.39 is 0 Å². The van der Waals surface area contributed by atoms with Crippen molar-refractivity contribution < 1.29 is 9.47 Å². The van der Waals surface area contributed by atoms with Gasteiger partial charge in [0.15, 0.2) is 11.5 Å². The van der Waals surface area contributed by atoms with Crippen molar-refractivity contribution in [3.05, 3.63) is 53.0 Å². The van der Waals surface area contributed by atoms with Gasteiger partial charge in [-0.25, -0.2) is 4.98 Å². The normalized spacial score (nSPS) is 11.3. The molecule has 0 amide bonds. The maximum atomic E-state index is 9.58. The van der Waals surface area contributed by atoms with Gasteiger partial charge >= 0.3 is 0 Å². The number of hydrogen-bond donors (Lipinski definition) is 0. The number of fused-ring (bicyclic) bond motifs is 1. The first kappa shape index (κ1) is 18.0. The average Bonchev–Trinajstić information content (AvgIpc) is 3.11. The van der Waals surface area contributed by atoms with E-state index in [1.165, 1.54) is 11.3 Å². The Bertz CT molecular complexity index is 937. The van der Waals surface area contributed by atoms with Crippen molar-refractivity contribution in [2.75, 3.05) is 13.7 Å². The molecule has 2 aromatic carbocycles. The molecule has 3 aromatic rings. The van der Waals surface area contributed by atoms with E-state index in [9.17, 15) is 5.26 Å². The zero-order chi connectivity index (χ0) is 18.4. The Kier molecular flexibility index (Phi) is 5.88. The number of hydrogen-bond acceptors (Lipinski definition) is 5. The van der Waals surface area contributed by atoms with Crippen LogP contribution in [-0.4, -0.2) is 18.7 Å². The van der Waals surface area contributed by atoms with Crippen LogP contribution < -0.4 is 9.47 Å². The molecule has 0 saturated heterocycles. The molecule has 132 valence electrons. The van der Waals surface area contributed by atoms with Gasteiger partial charge in [0.25, 0.3) is 0 Å². The minimum Gasteiger partial charge on any atom is -0.493 e. The second-order valence-electron chi connectivity index (χ2n) is 5.77. The van der Waals surface area contributed by atoms with Gasteiger partial charge in [-0.3, -0.25) is 0 Å². The summed E-state index contributed by atoms with van der Waals surface area (Å²) in [7, 11) is 1.62. The lowest BCUT2D eigenvalue weighted by atomic mass is 10.1. The van der Waals surface area contributed by atoms with Crippen molar-refractivity contribution in [3.8, 4) is 17.6 Å². The lowest BCUT2D eigenvalue weighted by molar-refractivity contribution is 0.288. The summed E-state index contributed by atoms with van der Waals surface area (Å²) in [6.07, 6.45) is 3.91. The molecule has 0 atom stereocenters. The van der Waals surface area contributed by atoms with Crippen LogP contribution in [-0.2, 0) is 0 Å². The summed E-state index contributed by atoms with van der Waals surface area (Å²) < 4.78 is 12.3. The summed E-state index contributed by atoms with van der Waals surface area (Å²) >= 11 is 1.52. The highest BCUT2D eigenvalue weighted by Gasteiger charge is 2.10. The molecule has 0 aliphatic carbocycles. The van der Waals surface area contributed by atoms with Crippen LogP contribution in [0.15, 0.2) is 42.5 Å². The number of allylic oxidation sites excluding steroid dienone is 1. The SMILES string of the molecule is CCCCOc1ccc(C=C(C#N)c2nc3ccccc3s2)cc1OC. The molecule has 0 unspecified atom stereocenters. The fraction of sp³-hybridized carbons (Fsp3) is 0.238. The zero-order valence-corrected chi connectivity index (χ0v) is 15.7. The Hall–Kier alpha value is -2.84. The molecule has 1 heterocycles. The summed E-state index contributed by atoms with van der Waals surface area (Å²) in [5.74, 6) is 1.38. The fourth-order valence-electron chi connectivity index (χ4n) is 2.52. The summed E-state index contributed by atoms with van der Waals surface area (Å²) in [6.45, 7) is 2.79. The standard InChI is InChI=1S/C21H20N2O2S/c1-3-4-11-25-18-10-9-15(13-19(18)24-2)12-16(14-22)21-23-17-7-5-6-8-20(17)26-21/h5-10,12-13H,3-4,11H2,1-2H3.